The van der Waals surface area contributed by atoms with Gasteiger partial charge in [-0.25, -0.2) is 0 Å². The van der Waals surface area contributed by atoms with Crippen LogP contribution < -0.4 is 4.90 Å². The molecule has 0 aromatic heterocycles. The first-order chi connectivity index (χ1) is 9.68. The molecular formula is C16H21NO3. The number of anilines is 1. The Morgan fingerprint density at radius 2 is 1.95 bits per heavy atom. The number of amides is 1. The molecule has 1 aromatic carbocycles. The van der Waals surface area contributed by atoms with E-state index in [4.69, 9.17) is 5.11 Å². The summed E-state index contributed by atoms with van der Waals surface area (Å²) < 4.78 is 0. The molecule has 4 heteroatoms. The lowest BCUT2D eigenvalue weighted by molar-refractivity contribution is -0.137. The molecule has 108 valence electrons. The van der Waals surface area contributed by atoms with Gasteiger partial charge in [0, 0.05) is 25.1 Å². The highest BCUT2D eigenvalue weighted by molar-refractivity contribution is 5.94. The zero-order valence-corrected chi connectivity index (χ0v) is 11.7. The maximum atomic E-state index is 12.2. The molecule has 0 radical (unpaired) electrons. The molecule has 0 unspecified atom stereocenters. The van der Waals surface area contributed by atoms with Gasteiger partial charge in [0.05, 0.1) is 0 Å². The van der Waals surface area contributed by atoms with Gasteiger partial charge in [0.1, 0.15) is 0 Å². The number of hydrogen-bond acceptors (Lipinski definition) is 2. The number of nitrogens with zero attached hydrogens (tertiary/aromatic N) is 1. The maximum absolute atomic E-state index is 12.2. The Morgan fingerprint density at radius 3 is 2.75 bits per heavy atom. The van der Waals surface area contributed by atoms with Crippen LogP contribution in [-0.4, -0.2) is 23.5 Å². The molecule has 1 aliphatic heterocycles. The lowest BCUT2D eigenvalue weighted by atomic mass is 10.1. The summed E-state index contributed by atoms with van der Waals surface area (Å²) in [5, 5.41) is 8.61. The monoisotopic (exact) mass is 275 g/mol. The molecule has 0 aliphatic carbocycles. The number of unbranched alkanes of at least 4 members (excludes halogenated alkanes) is 2. The fourth-order valence-corrected chi connectivity index (χ4v) is 2.65. The number of para-hydroxylation sites is 1. The zero-order chi connectivity index (χ0) is 14.4. The number of aryl methyl sites for hydroxylation is 1. The first-order valence-corrected chi connectivity index (χ1v) is 7.28. The number of aliphatic carboxylic acids is 1. The van der Waals surface area contributed by atoms with Gasteiger partial charge in [-0.05, 0) is 37.3 Å². The van der Waals surface area contributed by atoms with Gasteiger partial charge in [-0.2, -0.15) is 0 Å². The van der Waals surface area contributed by atoms with Gasteiger partial charge in [0.2, 0.25) is 5.91 Å². The lowest BCUT2D eigenvalue weighted by Gasteiger charge is -2.23. The molecule has 1 heterocycles. The van der Waals surface area contributed by atoms with E-state index in [-0.39, 0.29) is 12.3 Å². The molecule has 1 aliphatic rings. The smallest absolute Gasteiger partial charge is 0.303 e. The van der Waals surface area contributed by atoms with E-state index in [1.54, 1.807) is 0 Å². The Morgan fingerprint density at radius 1 is 1.15 bits per heavy atom. The minimum Gasteiger partial charge on any atom is -0.481 e. The van der Waals surface area contributed by atoms with Crippen molar-refractivity contribution in [3.05, 3.63) is 29.8 Å². The molecule has 0 atom stereocenters. The average Bonchev–Trinajstić information content (AvgIpc) is 2.58. The van der Waals surface area contributed by atoms with E-state index in [0.29, 0.717) is 19.4 Å². The van der Waals surface area contributed by atoms with Crippen molar-refractivity contribution in [1.82, 2.24) is 0 Å². The minimum atomic E-state index is -0.749. The van der Waals surface area contributed by atoms with Crippen LogP contribution in [-0.2, 0) is 16.0 Å². The number of carboxylic acid groups (broad SMARTS) is 1. The van der Waals surface area contributed by atoms with Crippen LogP contribution in [0, 0.1) is 0 Å². The summed E-state index contributed by atoms with van der Waals surface area (Å²) >= 11 is 0. The number of benzene rings is 1. The normalized spacial score (nSPS) is 14.8. The van der Waals surface area contributed by atoms with Crippen LogP contribution in [0.4, 0.5) is 5.69 Å². The van der Waals surface area contributed by atoms with E-state index in [0.717, 1.165) is 31.4 Å². The first kappa shape index (κ1) is 14.6. The Kier molecular flexibility index (Phi) is 5.16. The number of rotatable bonds is 6. The molecule has 0 fully saturated rings. The summed E-state index contributed by atoms with van der Waals surface area (Å²) in [6, 6.07) is 8.08. The molecule has 1 N–H and O–H groups in total. The fraction of sp³-hybridized carbons (Fsp3) is 0.500. The number of carbonyl (C=O) groups excluding carboxylic acids is 1. The highest BCUT2D eigenvalue weighted by Gasteiger charge is 2.21. The Labute approximate surface area is 119 Å². The predicted molar refractivity (Wildman–Crippen MR) is 77.8 cm³/mol. The standard InChI is InChI=1S/C16H21NO3/c18-15-10-6-8-13-7-3-4-9-14(13)17(15)12-5-1-2-11-16(19)20/h3-4,7,9H,1-2,5-6,8,10-12H2,(H,19,20). The molecule has 0 spiro atoms. The third kappa shape index (κ3) is 3.83. The summed E-state index contributed by atoms with van der Waals surface area (Å²) in [5.74, 6) is -0.561. The largest absolute Gasteiger partial charge is 0.481 e. The highest BCUT2D eigenvalue weighted by Crippen LogP contribution is 2.27. The van der Waals surface area contributed by atoms with Gasteiger partial charge in [-0.15, -0.1) is 0 Å². The van der Waals surface area contributed by atoms with Gasteiger partial charge in [0.25, 0.3) is 0 Å². The molecular weight excluding hydrogens is 254 g/mol. The van der Waals surface area contributed by atoms with E-state index in [9.17, 15) is 9.59 Å². The lowest BCUT2D eigenvalue weighted by Crippen LogP contribution is -2.31. The number of hydrogen-bond donors (Lipinski definition) is 1. The quantitative estimate of drug-likeness (QED) is 0.812. The molecule has 0 saturated heterocycles. The predicted octanol–water partition coefficient (Wildman–Crippen LogP) is 3.00. The second-order valence-electron chi connectivity index (χ2n) is 5.23. The van der Waals surface area contributed by atoms with Crippen molar-refractivity contribution >= 4 is 17.6 Å². The summed E-state index contributed by atoms with van der Waals surface area (Å²) in [5.41, 5.74) is 2.28. The van der Waals surface area contributed by atoms with E-state index in [2.05, 4.69) is 6.07 Å². The van der Waals surface area contributed by atoms with Crippen molar-refractivity contribution in [1.29, 1.82) is 0 Å². The molecule has 1 amide bonds. The molecule has 2 rings (SSSR count). The maximum Gasteiger partial charge on any atom is 0.303 e. The van der Waals surface area contributed by atoms with Crippen molar-refractivity contribution in [3.63, 3.8) is 0 Å². The molecule has 4 nitrogen and oxygen atoms in total. The topological polar surface area (TPSA) is 57.6 Å². The Hall–Kier alpha value is -1.84. The van der Waals surface area contributed by atoms with Gasteiger partial charge < -0.3 is 10.0 Å². The van der Waals surface area contributed by atoms with Crippen LogP contribution in [0.15, 0.2) is 24.3 Å². The summed E-state index contributed by atoms with van der Waals surface area (Å²) in [6.07, 6.45) is 5.06. The van der Waals surface area contributed by atoms with Crippen LogP contribution in [0.2, 0.25) is 0 Å². The number of carbonyl (C=O) groups is 2. The van der Waals surface area contributed by atoms with Gasteiger partial charge in [-0.1, -0.05) is 24.6 Å². The first-order valence-electron chi connectivity index (χ1n) is 7.28. The Bertz CT molecular complexity index is 484. The van der Waals surface area contributed by atoms with Crippen molar-refractivity contribution in [2.24, 2.45) is 0 Å². The second-order valence-corrected chi connectivity index (χ2v) is 5.23. The average molecular weight is 275 g/mol. The highest BCUT2D eigenvalue weighted by atomic mass is 16.4. The molecule has 20 heavy (non-hydrogen) atoms. The van der Waals surface area contributed by atoms with Gasteiger partial charge >= 0.3 is 5.97 Å². The molecule has 0 saturated carbocycles. The minimum absolute atomic E-state index is 0.188. The zero-order valence-electron chi connectivity index (χ0n) is 11.7. The molecule has 1 aromatic rings. The SMILES string of the molecule is O=C(O)CCCCCN1C(=O)CCCc2ccccc21. The summed E-state index contributed by atoms with van der Waals surface area (Å²) in [7, 11) is 0. The van der Waals surface area contributed by atoms with Crippen LogP contribution in [0.25, 0.3) is 0 Å². The third-order valence-corrected chi connectivity index (χ3v) is 3.69. The number of fused-ring (bicyclic) bond motifs is 1. The summed E-state index contributed by atoms with van der Waals surface area (Å²) in [6.45, 7) is 0.690. The van der Waals surface area contributed by atoms with E-state index in [1.807, 2.05) is 23.1 Å². The van der Waals surface area contributed by atoms with Crippen molar-refractivity contribution in [3.8, 4) is 0 Å². The van der Waals surface area contributed by atoms with E-state index >= 15 is 0 Å². The van der Waals surface area contributed by atoms with Gasteiger partial charge in [0.15, 0.2) is 0 Å². The third-order valence-electron chi connectivity index (χ3n) is 3.69. The van der Waals surface area contributed by atoms with Crippen LogP contribution in [0.5, 0.6) is 0 Å². The van der Waals surface area contributed by atoms with Crippen molar-refractivity contribution in [2.45, 2.75) is 44.9 Å². The van der Waals surface area contributed by atoms with Crippen LogP contribution in [0.3, 0.4) is 0 Å². The second kappa shape index (κ2) is 7.08. The molecule has 0 bridgehead atoms. The summed E-state index contributed by atoms with van der Waals surface area (Å²) in [4.78, 5) is 24.5. The van der Waals surface area contributed by atoms with Crippen molar-refractivity contribution < 1.29 is 14.7 Å². The van der Waals surface area contributed by atoms with E-state index in [1.165, 1.54) is 5.56 Å². The van der Waals surface area contributed by atoms with Crippen LogP contribution >= 0.6 is 0 Å². The fourth-order valence-electron chi connectivity index (χ4n) is 2.65. The van der Waals surface area contributed by atoms with E-state index < -0.39 is 5.97 Å². The van der Waals surface area contributed by atoms with Gasteiger partial charge in [-0.3, -0.25) is 9.59 Å². The van der Waals surface area contributed by atoms with Crippen LogP contribution in [0.1, 0.15) is 44.1 Å². The Balaban J connectivity index is 1.94. The number of carboxylic acids is 1. The van der Waals surface area contributed by atoms with Crippen molar-refractivity contribution in [2.75, 3.05) is 11.4 Å².